The average Bonchev–Trinajstić information content (AvgIpc) is 3.37. The second-order valence-corrected chi connectivity index (χ2v) is 9.34. The monoisotopic (exact) mass is 485 g/mol. The molecule has 0 bridgehead atoms. The third-order valence-corrected chi connectivity index (χ3v) is 7.23. The molecule has 178 valence electrons. The minimum Gasteiger partial charge on any atom is -0.504 e. The topological polar surface area (TPSA) is 128 Å². The van der Waals surface area contributed by atoms with Crippen molar-refractivity contribution in [1.29, 1.82) is 0 Å². The Bertz CT molecular complexity index is 1200. The molecule has 2 fully saturated rings. The third-order valence-electron chi connectivity index (χ3n) is 6.99. The lowest BCUT2D eigenvalue weighted by Gasteiger charge is -2.29. The number of benzene rings is 2. The standard InChI is InChI=1S/C24H24ClN3O6/c1-34-8-2-7-28-21(31)19-16(9-12-3-6-17(29)18(30)10-12)27-24(20(19)22(28)32)14-11-13(25)4-5-15(14)26-23(24)33/h3-6,10-11,16,19-20,27,29-30H,2,7-9H2,1H3,(H,26,33)/t16-,19+,20-,24-/m0/s1. The van der Waals surface area contributed by atoms with Crippen LogP contribution < -0.4 is 10.6 Å². The molecule has 0 unspecified atom stereocenters. The van der Waals surface area contributed by atoms with Gasteiger partial charge in [0, 0.05) is 42.6 Å². The maximum Gasteiger partial charge on any atom is 0.250 e. The first-order valence-corrected chi connectivity index (χ1v) is 11.4. The molecule has 3 heterocycles. The zero-order valence-corrected chi connectivity index (χ0v) is 19.1. The summed E-state index contributed by atoms with van der Waals surface area (Å²) in [6, 6.07) is 8.82. The van der Waals surface area contributed by atoms with Gasteiger partial charge in [-0.15, -0.1) is 0 Å². The Balaban J connectivity index is 1.58. The Labute approximate surface area is 200 Å². The normalized spacial score (nSPS) is 27.4. The van der Waals surface area contributed by atoms with Gasteiger partial charge >= 0.3 is 0 Å². The molecule has 2 aromatic carbocycles. The summed E-state index contributed by atoms with van der Waals surface area (Å²) in [4.78, 5) is 41.8. The first kappa shape index (κ1) is 22.6. The molecule has 0 aromatic heterocycles. The van der Waals surface area contributed by atoms with E-state index in [1.54, 1.807) is 31.4 Å². The highest BCUT2D eigenvalue weighted by Gasteiger charge is 2.70. The number of hydrogen-bond acceptors (Lipinski definition) is 7. The van der Waals surface area contributed by atoms with Crippen LogP contribution >= 0.6 is 11.6 Å². The number of halogens is 1. The van der Waals surface area contributed by atoms with Crippen molar-refractivity contribution in [2.45, 2.75) is 24.4 Å². The van der Waals surface area contributed by atoms with Crippen LogP contribution in [-0.2, 0) is 31.1 Å². The summed E-state index contributed by atoms with van der Waals surface area (Å²) in [7, 11) is 1.55. The number of phenolic OH excluding ortho intramolecular Hbond substituents is 2. The van der Waals surface area contributed by atoms with Crippen molar-refractivity contribution in [2.75, 3.05) is 25.6 Å². The molecule has 4 N–H and O–H groups in total. The molecule has 3 aliphatic heterocycles. The quantitative estimate of drug-likeness (QED) is 0.279. The van der Waals surface area contributed by atoms with Crippen molar-refractivity contribution in [1.82, 2.24) is 10.2 Å². The molecule has 0 aliphatic carbocycles. The number of rotatable bonds is 6. The third kappa shape index (κ3) is 3.26. The fourth-order valence-corrected chi connectivity index (χ4v) is 5.72. The highest BCUT2D eigenvalue weighted by Crippen LogP contribution is 2.53. The number of carbonyl (C=O) groups is 3. The molecule has 3 aliphatic rings. The van der Waals surface area contributed by atoms with E-state index in [1.165, 1.54) is 17.0 Å². The summed E-state index contributed by atoms with van der Waals surface area (Å²) < 4.78 is 5.07. The Kier molecular flexibility index (Phi) is 5.50. The minimum atomic E-state index is -1.45. The van der Waals surface area contributed by atoms with E-state index in [0.29, 0.717) is 34.9 Å². The van der Waals surface area contributed by atoms with Crippen LogP contribution in [0, 0.1) is 11.8 Å². The molecule has 0 saturated carbocycles. The van der Waals surface area contributed by atoms with Crippen LogP contribution in [-0.4, -0.2) is 59.1 Å². The largest absolute Gasteiger partial charge is 0.504 e. The molecule has 2 saturated heterocycles. The van der Waals surface area contributed by atoms with Crippen LogP contribution in [0.15, 0.2) is 36.4 Å². The maximum absolute atomic E-state index is 13.6. The lowest BCUT2D eigenvalue weighted by atomic mass is 9.76. The van der Waals surface area contributed by atoms with Crippen molar-refractivity contribution >= 4 is 35.0 Å². The van der Waals surface area contributed by atoms with E-state index in [1.807, 2.05) is 0 Å². The average molecular weight is 486 g/mol. The predicted molar refractivity (Wildman–Crippen MR) is 122 cm³/mol. The van der Waals surface area contributed by atoms with Gasteiger partial charge in [-0.05, 0) is 48.7 Å². The van der Waals surface area contributed by atoms with Crippen molar-refractivity contribution in [3.8, 4) is 11.5 Å². The molecule has 5 rings (SSSR count). The molecule has 4 atom stereocenters. The van der Waals surface area contributed by atoms with Crippen molar-refractivity contribution < 1.29 is 29.3 Å². The van der Waals surface area contributed by atoms with E-state index < -0.39 is 35.2 Å². The van der Waals surface area contributed by atoms with E-state index in [0.717, 1.165) is 0 Å². The van der Waals surface area contributed by atoms with Gasteiger partial charge < -0.3 is 20.3 Å². The Morgan fingerprint density at radius 1 is 1.09 bits per heavy atom. The van der Waals surface area contributed by atoms with Gasteiger partial charge in [-0.3, -0.25) is 24.6 Å². The molecule has 34 heavy (non-hydrogen) atoms. The molecule has 3 amide bonds. The highest BCUT2D eigenvalue weighted by molar-refractivity contribution is 6.31. The van der Waals surface area contributed by atoms with Gasteiger partial charge in [-0.1, -0.05) is 17.7 Å². The highest BCUT2D eigenvalue weighted by atomic mass is 35.5. The molecule has 1 spiro atoms. The van der Waals surface area contributed by atoms with Crippen LogP contribution in [0.4, 0.5) is 5.69 Å². The number of imide groups is 1. The van der Waals surface area contributed by atoms with Gasteiger partial charge in [-0.25, -0.2) is 0 Å². The second kappa shape index (κ2) is 8.26. The van der Waals surface area contributed by atoms with Crippen molar-refractivity contribution in [3.05, 3.63) is 52.5 Å². The lowest BCUT2D eigenvalue weighted by molar-refractivity contribution is -0.143. The van der Waals surface area contributed by atoms with E-state index in [2.05, 4.69) is 10.6 Å². The van der Waals surface area contributed by atoms with Crippen LogP contribution in [0.25, 0.3) is 0 Å². The summed E-state index contributed by atoms with van der Waals surface area (Å²) in [6.45, 7) is 0.594. The van der Waals surface area contributed by atoms with Crippen molar-refractivity contribution in [3.63, 3.8) is 0 Å². The van der Waals surface area contributed by atoms with E-state index in [-0.39, 0.29) is 30.4 Å². The Morgan fingerprint density at radius 3 is 2.62 bits per heavy atom. The number of amides is 3. The zero-order chi connectivity index (χ0) is 24.2. The van der Waals surface area contributed by atoms with Crippen LogP contribution in [0.3, 0.4) is 0 Å². The number of nitrogens with one attached hydrogen (secondary N) is 2. The molecule has 2 aromatic rings. The molecule has 0 radical (unpaired) electrons. The summed E-state index contributed by atoms with van der Waals surface area (Å²) in [5.41, 5.74) is 0.279. The number of carbonyl (C=O) groups excluding carboxylic acids is 3. The van der Waals surface area contributed by atoms with Crippen LogP contribution in [0.1, 0.15) is 17.5 Å². The number of methoxy groups -OCH3 is 1. The fraction of sp³-hybridized carbons (Fsp3) is 0.375. The Hall–Kier alpha value is -3.14. The fourth-order valence-electron chi connectivity index (χ4n) is 5.55. The van der Waals surface area contributed by atoms with Gasteiger partial charge in [0.15, 0.2) is 11.5 Å². The number of anilines is 1. The number of likely N-dealkylation sites (tertiary alicyclic amines) is 1. The summed E-state index contributed by atoms with van der Waals surface area (Å²) in [5, 5.41) is 26.2. The SMILES string of the molecule is COCCCN1C(=O)[C@@H]2[C@H](Cc3ccc(O)c(O)c3)N[C@]3(C(=O)Nc4ccc(Cl)cc43)[C@@H]2C1=O. The summed E-state index contributed by atoms with van der Waals surface area (Å²) in [5.74, 6) is -3.43. The van der Waals surface area contributed by atoms with Gasteiger partial charge in [0.05, 0.1) is 11.8 Å². The van der Waals surface area contributed by atoms with Gasteiger partial charge in [0.1, 0.15) is 5.54 Å². The lowest BCUT2D eigenvalue weighted by Crippen LogP contribution is -2.53. The molecular weight excluding hydrogens is 462 g/mol. The first-order chi connectivity index (χ1) is 16.3. The number of phenols is 2. The van der Waals surface area contributed by atoms with Crippen LogP contribution in [0.2, 0.25) is 5.02 Å². The zero-order valence-electron chi connectivity index (χ0n) is 18.4. The van der Waals surface area contributed by atoms with Gasteiger partial charge in [0.25, 0.3) is 0 Å². The molecular formula is C24H24ClN3O6. The second-order valence-electron chi connectivity index (χ2n) is 8.91. The number of nitrogens with zero attached hydrogens (tertiary/aromatic N) is 1. The molecule has 10 heteroatoms. The van der Waals surface area contributed by atoms with E-state index in [9.17, 15) is 24.6 Å². The number of aromatic hydroxyl groups is 2. The minimum absolute atomic E-state index is 0.200. The van der Waals surface area contributed by atoms with E-state index in [4.69, 9.17) is 16.3 Å². The number of hydrogen-bond donors (Lipinski definition) is 4. The van der Waals surface area contributed by atoms with Crippen LogP contribution in [0.5, 0.6) is 11.5 Å². The van der Waals surface area contributed by atoms with Gasteiger partial charge in [-0.2, -0.15) is 0 Å². The first-order valence-electron chi connectivity index (χ1n) is 11.0. The Morgan fingerprint density at radius 2 is 1.88 bits per heavy atom. The summed E-state index contributed by atoms with van der Waals surface area (Å²) >= 11 is 6.26. The van der Waals surface area contributed by atoms with E-state index >= 15 is 0 Å². The predicted octanol–water partition coefficient (Wildman–Crippen LogP) is 1.75. The van der Waals surface area contributed by atoms with Crippen molar-refractivity contribution in [2.24, 2.45) is 11.8 Å². The van der Waals surface area contributed by atoms with Gasteiger partial charge in [0.2, 0.25) is 17.7 Å². The number of fused-ring (bicyclic) bond motifs is 4. The molecule has 9 nitrogen and oxygen atoms in total. The number of ether oxygens (including phenoxy) is 1. The maximum atomic E-state index is 13.6. The smallest absolute Gasteiger partial charge is 0.250 e. The summed E-state index contributed by atoms with van der Waals surface area (Å²) in [6.07, 6.45) is 0.740.